The molecule has 2 aliphatic rings. The van der Waals surface area contributed by atoms with Gasteiger partial charge in [0.2, 0.25) is 0 Å². The minimum absolute atomic E-state index is 0.00631. The number of carbonyl (C=O) groups excluding carboxylic acids is 2. The van der Waals surface area contributed by atoms with E-state index < -0.39 is 0 Å². The molecule has 4 unspecified atom stereocenters. The normalized spacial score (nSPS) is 26.8. The molecule has 2 saturated heterocycles. The van der Waals surface area contributed by atoms with Gasteiger partial charge in [-0.1, -0.05) is 42.3 Å². The third-order valence-electron chi connectivity index (χ3n) is 7.06. The Balaban J connectivity index is 1.55. The van der Waals surface area contributed by atoms with E-state index in [0.717, 1.165) is 36.8 Å². The number of rotatable bonds is 12. The Hall–Kier alpha value is -2.51. The highest BCUT2D eigenvalue weighted by Gasteiger charge is 2.56. The molecule has 0 radical (unpaired) electrons. The van der Waals surface area contributed by atoms with E-state index in [9.17, 15) is 9.59 Å². The van der Waals surface area contributed by atoms with Gasteiger partial charge in [-0.3, -0.25) is 0 Å². The number of carbonyl (C=O) groups is 2. The van der Waals surface area contributed by atoms with E-state index in [1.807, 2.05) is 38.1 Å². The average molecular weight is 519 g/mol. The summed E-state index contributed by atoms with van der Waals surface area (Å²) in [6, 6.07) is 4.06. The summed E-state index contributed by atoms with van der Waals surface area (Å²) in [7, 11) is 5.54. The summed E-state index contributed by atoms with van der Waals surface area (Å²) in [5.41, 5.74) is 2.95. The summed E-state index contributed by atoms with van der Waals surface area (Å²) in [6.07, 6.45) is 9.94. The van der Waals surface area contributed by atoms with Crippen LogP contribution in [0.15, 0.2) is 35.9 Å². The Morgan fingerprint density at radius 3 is 2.81 bits per heavy atom. The van der Waals surface area contributed by atoms with Gasteiger partial charge in [0.1, 0.15) is 23.2 Å². The number of cyclic esters (lactones) is 1. The number of allylic oxidation sites excluding steroid dienone is 3. The van der Waals surface area contributed by atoms with Gasteiger partial charge >= 0.3 is 6.09 Å². The van der Waals surface area contributed by atoms with Crippen LogP contribution in [0.3, 0.4) is 0 Å². The lowest BCUT2D eigenvalue weighted by Crippen LogP contribution is -2.48. The van der Waals surface area contributed by atoms with Crippen molar-refractivity contribution in [3.05, 3.63) is 46.5 Å². The summed E-state index contributed by atoms with van der Waals surface area (Å²) in [6.45, 7) is 6.18. The fourth-order valence-electron chi connectivity index (χ4n) is 4.93. The lowest BCUT2D eigenvalue weighted by atomic mass is 9.86. The van der Waals surface area contributed by atoms with E-state index in [-0.39, 0.29) is 35.9 Å². The fraction of sp³-hybridized carbons (Fsp3) is 0.571. The van der Waals surface area contributed by atoms with Crippen LogP contribution in [-0.4, -0.2) is 57.4 Å². The van der Waals surface area contributed by atoms with Crippen LogP contribution in [-0.2, 0) is 20.7 Å². The van der Waals surface area contributed by atoms with Crippen LogP contribution in [0.1, 0.15) is 52.0 Å². The molecule has 2 heterocycles. The fourth-order valence-corrected chi connectivity index (χ4v) is 5.29. The molecule has 5 atom stereocenters. The highest BCUT2D eigenvalue weighted by Crippen LogP contribution is 2.46. The highest BCUT2D eigenvalue weighted by atomic mass is 35.5. The third kappa shape index (κ3) is 7.04. The predicted molar refractivity (Wildman–Crippen MR) is 143 cm³/mol. The SMILES string of the molecule is COc1cc(C/C(C)=C/C=C/CC2CC([C@@H](C)C3OC3(C)CCC=O)OC(=O)N2)cc(N(C)C)c1Cl. The first-order valence-electron chi connectivity index (χ1n) is 12.5. The minimum atomic E-state index is -0.383. The zero-order chi connectivity index (χ0) is 26.5. The van der Waals surface area contributed by atoms with Gasteiger partial charge in [0.25, 0.3) is 0 Å². The molecule has 8 heteroatoms. The van der Waals surface area contributed by atoms with Crippen LogP contribution in [0.5, 0.6) is 5.75 Å². The lowest BCUT2D eigenvalue weighted by Gasteiger charge is -2.33. The molecule has 2 aliphatic heterocycles. The van der Waals surface area contributed by atoms with Crippen LogP contribution in [0.25, 0.3) is 0 Å². The van der Waals surface area contributed by atoms with Crippen LogP contribution in [0, 0.1) is 5.92 Å². The van der Waals surface area contributed by atoms with Crippen molar-refractivity contribution in [1.82, 2.24) is 5.32 Å². The summed E-state index contributed by atoms with van der Waals surface area (Å²) >= 11 is 6.43. The first-order valence-corrected chi connectivity index (χ1v) is 12.9. The van der Waals surface area contributed by atoms with Crippen LogP contribution >= 0.6 is 11.6 Å². The van der Waals surface area contributed by atoms with E-state index in [1.165, 1.54) is 5.57 Å². The van der Waals surface area contributed by atoms with Crippen molar-refractivity contribution >= 4 is 29.7 Å². The van der Waals surface area contributed by atoms with Gasteiger partial charge in [-0.25, -0.2) is 4.79 Å². The van der Waals surface area contributed by atoms with Crippen LogP contribution < -0.4 is 15.0 Å². The number of nitrogens with one attached hydrogen (secondary N) is 1. The first kappa shape index (κ1) is 28.1. The second-order valence-corrected chi connectivity index (χ2v) is 10.7. The number of ether oxygens (including phenoxy) is 3. The number of methoxy groups -OCH3 is 1. The van der Waals surface area contributed by atoms with Crippen molar-refractivity contribution in [3.63, 3.8) is 0 Å². The molecule has 7 nitrogen and oxygen atoms in total. The van der Waals surface area contributed by atoms with Crippen molar-refractivity contribution in [2.24, 2.45) is 5.92 Å². The van der Waals surface area contributed by atoms with Crippen LogP contribution in [0.2, 0.25) is 5.02 Å². The Morgan fingerprint density at radius 2 is 2.14 bits per heavy atom. The smallest absolute Gasteiger partial charge is 0.407 e. The monoisotopic (exact) mass is 518 g/mol. The molecule has 0 bridgehead atoms. The maximum absolute atomic E-state index is 12.2. The molecular formula is C28H39ClN2O5. The standard InChI is InChI=1S/C28H39ClN2O5/c1-18(14-20-15-22(31(4)5)25(29)24(16-20)34-6)10-7-8-11-21-17-23(35-27(33)30-21)19(2)26-28(3,36-26)12-9-13-32/h7-8,10,13,15-16,19,21,23,26H,9,11-12,14,17H2,1-6H3,(H,30,33)/b8-7+,18-10+/t19-,21?,23?,26?,28?/m1/s1. The number of halogens is 1. The molecular weight excluding hydrogens is 480 g/mol. The molecule has 0 aromatic heterocycles. The first-order chi connectivity index (χ1) is 17.1. The Bertz CT molecular complexity index is 1010. The molecule has 36 heavy (non-hydrogen) atoms. The number of aldehydes is 1. The molecule has 3 rings (SSSR count). The number of epoxide rings is 1. The summed E-state index contributed by atoms with van der Waals surface area (Å²) < 4.78 is 16.9. The number of hydrogen-bond donors (Lipinski definition) is 1. The molecule has 1 aromatic carbocycles. The number of alkyl carbamates (subject to hydrolysis) is 1. The van der Waals surface area contributed by atoms with Crippen molar-refractivity contribution in [1.29, 1.82) is 0 Å². The summed E-state index contributed by atoms with van der Waals surface area (Å²) in [5.74, 6) is 0.741. The lowest BCUT2D eigenvalue weighted by molar-refractivity contribution is -0.108. The van der Waals surface area contributed by atoms with Gasteiger partial charge < -0.3 is 29.2 Å². The van der Waals surface area contributed by atoms with Gasteiger partial charge in [0.05, 0.1) is 24.5 Å². The van der Waals surface area contributed by atoms with E-state index >= 15 is 0 Å². The molecule has 0 aliphatic carbocycles. The largest absolute Gasteiger partial charge is 0.495 e. The third-order valence-corrected chi connectivity index (χ3v) is 7.44. The summed E-state index contributed by atoms with van der Waals surface area (Å²) in [4.78, 5) is 24.9. The molecule has 2 fully saturated rings. The molecule has 1 N–H and O–H groups in total. The molecule has 0 saturated carbocycles. The van der Waals surface area contributed by atoms with E-state index in [4.69, 9.17) is 25.8 Å². The van der Waals surface area contributed by atoms with Gasteiger partial charge in [0.15, 0.2) is 0 Å². The molecule has 1 aromatic rings. The van der Waals surface area contributed by atoms with Crippen LogP contribution in [0.4, 0.5) is 10.5 Å². The minimum Gasteiger partial charge on any atom is -0.495 e. The van der Waals surface area contributed by atoms with E-state index in [2.05, 4.69) is 37.4 Å². The second-order valence-electron chi connectivity index (χ2n) is 10.3. The maximum atomic E-state index is 12.2. The highest BCUT2D eigenvalue weighted by molar-refractivity contribution is 6.34. The van der Waals surface area contributed by atoms with Crippen molar-refractivity contribution in [2.45, 2.75) is 76.7 Å². The Kier molecular flexibility index (Phi) is 9.47. The number of hydrogen-bond acceptors (Lipinski definition) is 6. The van der Waals surface area contributed by atoms with Gasteiger partial charge in [-0.05, 0) is 50.8 Å². The summed E-state index contributed by atoms with van der Waals surface area (Å²) in [5, 5.41) is 3.54. The number of anilines is 1. The average Bonchev–Trinajstić information content (AvgIpc) is 3.51. The number of amides is 1. The molecule has 1 amide bonds. The Labute approximate surface area is 219 Å². The maximum Gasteiger partial charge on any atom is 0.407 e. The van der Waals surface area contributed by atoms with E-state index in [0.29, 0.717) is 23.6 Å². The van der Waals surface area contributed by atoms with E-state index in [1.54, 1.807) is 7.11 Å². The van der Waals surface area contributed by atoms with Crippen molar-refractivity contribution < 1.29 is 23.8 Å². The number of benzene rings is 1. The topological polar surface area (TPSA) is 80.4 Å². The van der Waals surface area contributed by atoms with Crippen molar-refractivity contribution in [3.8, 4) is 5.75 Å². The second kappa shape index (κ2) is 12.2. The van der Waals surface area contributed by atoms with Crippen molar-refractivity contribution in [2.75, 3.05) is 26.1 Å². The zero-order valence-electron chi connectivity index (χ0n) is 22.2. The zero-order valence-corrected chi connectivity index (χ0v) is 22.9. The number of nitrogens with zero attached hydrogens (tertiary/aromatic N) is 1. The molecule has 198 valence electrons. The quantitative estimate of drug-likeness (QED) is 0.224. The Morgan fingerprint density at radius 1 is 1.39 bits per heavy atom. The van der Waals surface area contributed by atoms with Gasteiger partial charge in [-0.2, -0.15) is 0 Å². The van der Waals surface area contributed by atoms with Gasteiger partial charge in [0, 0.05) is 38.9 Å². The molecule has 0 spiro atoms. The van der Waals surface area contributed by atoms with Gasteiger partial charge in [-0.15, -0.1) is 0 Å². The predicted octanol–water partition coefficient (Wildman–Crippen LogP) is 5.49.